The highest BCUT2D eigenvalue weighted by Crippen LogP contribution is 2.17. The monoisotopic (exact) mass is 339 g/mol. The number of ether oxygens (including phenoxy) is 1. The SMILES string of the molecule is COC[C@@H](NC(=O)N[C@H]1CCCCNC1=O)c1ccc(Cl)cc1. The standard InChI is InChI=1S/C16H22ClN3O3/c1-23-10-14(11-5-7-12(17)8-6-11)20-16(22)19-13-4-2-3-9-18-15(13)21/h5-8,13-14H,2-4,9-10H2,1H3,(H,18,21)(H2,19,20,22)/t13-,14+/m0/s1. The highest BCUT2D eigenvalue weighted by Gasteiger charge is 2.23. The summed E-state index contributed by atoms with van der Waals surface area (Å²) in [5.41, 5.74) is 0.886. The van der Waals surface area contributed by atoms with E-state index >= 15 is 0 Å². The van der Waals surface area contributed by atoms with Crippen LogP contribution in [0, 0.1) is 0 Å². The average Bonchev–Trinajstić information content (AvgIpc) is 2.73. The number of halogens is 1. The van der Waals surface area contributed by atoms with Crippen molar-refractivity contribution in [2.75, 3.05) is 20.3 Å². The number of urea groups is 1. The molecule has 6 nitrogen and oxygen atoms in total. The van der Waals surface area contributed by atoms with Gasteiger partial charge in [-0.2, -0.15) is 0 Å². The Morgan fingerprint density at radius 1 is 1.39 bits per heavy atom. The first-order valence-electron chi connectivity index (χ1n) is 7.69. The third kappa shape index (κ3) is 5.41. The van der Waals surface area contributed by atoms with E-state index in [0.717, 1.165) is 18.4 Å². The lowest BCUT2D eigenvalue weighted by Crippen LogP contribution is -2.50. The number of benzene rings is 1. The lowest BCUT2D eigenvalue weighted by Gasteiger charge is -2.21. The molecule has 2 rings (SSSR count). The molecule has 126 valence electrons. The maximum absolute atomic E-state index is 12.2. The molecule has 1 fully saturated rings. The van der Waals surface area contributed by atoms with Crippen molar-refractivity contribution in [3.8, 4) is 0 Å². The smallest absolute Gasteiger partial charge is 0.316 e. The molecule has 0 aromatic heterocycles. The second-order valence-electron chi connectivity index (χ2n) is 5.52. The summed E-state index contributed by atoms with van der Waals surface area (Å²) in [7, 11) is 1.57. The summed E-state index contributed by atoms with van der Waals surface area (Å²) in [5, 5.41) is 9.00. The quantitative estimate of drug-likeness (QED) is 0.767. The van der Waals surface area contributed by atoms with E-state index in [1.807, 2.05) is 12.1 Å². The fourth-order valence-corrected chi connectivity index (χ4v) is 2.64. The van der Waals surface area contributed by atoms with Crippen LogP contribution < -0.4 is 16.0 Å². The molecule has 7 heteroatoms. The number of methoxy groups -OCH3 is 1. The van der Waals surface area contributed by atoms with Crippen LogP contribution in [-0.2, 0) is 9.53 Å². The van der Waals surface area contributed by atoms with Crippen LogP contribution in [0.25, 0.3) is 0 Å². The van der Waals surface area contributed by atoms with E-state index in [4.69, 9.17) is 16.3 Å². The van der Waals surface area contributed by atoms with Crippen molar-refractivity contribution in [3.63, 3.8) is 0 Å². The van der Waals surface area contributed by atoms with Gasteiger partial charge in [-0.25, -0.2) is 4.79 Å². The zero-order valence-corrected chi connectivity index (χ0v) is 13.9. The molecule has 3 N–H and O–H groups in total. The first kappa shape index (κ1) is 17.6. The van der Waals surface area contributed by atoms with E-state index in [1.165, 1.54) is 0 Å². The Morgan fingerprint density at radius 2 is 2.13 bits per heavy atom. The van der Waals surface area contributed by atoms with Gasteiger partial charge in [-0.1, -0.05) is 23.7 Å². The second-order valence-corrected chi connectivity index (χ2v) is 5.95. The fourth-order valence-electron chi connectivity index (χ4n) is 2.52. The highest BCUT2D eigenvalue weighted by molar-refractivity contribution is 6.30. The molecule has 23 heavy (non-hydrogen) atoms. The lowest BCUT2D eigenvalue weighted by atomic mass is 10.1. The molecule has 1 saturated heterocycles. The molecular weight excluding hydrogens is 318 g/mol. The van der Waals surface area contributed by atoms with Gasteiger partial charge in [-0.3, -0.25) is 4.79 Å². The Balaban J connectivity index is 1.97. The number of carbonyl (C=O) groups is 2. The third-order valence-corrected chi connectivity index (χ3v) is 4.00. The van der Waals surface area contributed by atoms with Crippen LogP contribution in [0.3, 0.4) is 0 Å². The van der Waals surface area contributed by atoms with Crippen molar-refractivity contribution in [2.45, 2.75) is 31.3 Å². The van der Waals surface area contributed by atoms with Gasteiger partial charge in [0.1, 0.15) is 6.04 Å². The number of nitrogens with one attached hydrogen (secondary N) is 3. The van der Waals surface area contributed by atoms with Gasteiger partial charge in [0.25, 0.3) is 0 Å². The Kier molecular flexibility index (Phi) is 6.67. The van der Waals surface area contributed by atoms with Crippen LogP contribution in [0.5, 0.6) is 0 Å². The van der Waals surface area contributed by atoms with Gasteiger partial charge in [-0.05, 0) is 37.0 Å². The molecule has 0 aliphatic carbocycles. The summed E-state index contributed by atoms with van der Waals surface area (Å²) in [6.45, 7) is 0.988. The lowest BCUT2D eigenvalue weighted by molar-refractivity contribution is -0.122. The maximum atomic E-state index is 12.2. The number of amides is 3. The first-order valence-corrected chi connectivity index (χ1v) is 8.07. The highest BCUT2D eigenvalue weighted by atomic mass is 35.5. The van der Waals surface area contributed by atoms with Crippen LogP contribution in [0.15, 0.2) is 24.3 Å². The molecular formula is C16H22ClN3O3. The van der Waals surface area contributed by atoms with E-state index in [0.29, 0.717) is 24.6 Å². The van der Waals surface area contributed by atoms with E-state index in [1.54, 1.807) is 19.2 Å². The number of rotatable bonds is 5. The van der Waals surface area contributed by atoms with Gasteiger partial charge in [0, 0.05) is 18.7 Å². The van der Waals surface area contributed by atoms with Crippen molar-refractivity contribution in [3.05, 3.63) is 34.9 Å². The van der Waals surface area contributed by atoms with Crippen LogP contribution in [-0.4, -0.2) is 38.2 Å². The summed E-state index contributed by atoms with van der Waals surface area (Å²) < 4.78 is 5.17. The Bertz CT molecular complexity index is 536. The van der Waals surface area contributed by atoms with Crippen molar-refractivity contribution in [1.82, 2.24) is 16.0 Å². The molecule has 3 amide bonds. The summed E-state index contributed by atoms with van der Waals surface area (Å²) in [4.78, 5) is 24.1. The van der Waals surface area contributed by atoms with Crippen LogP contribution in [0.4, 0.5) is 4.79 Å². The van der Waals surface area contributed by atoms with Gasteiger partial charge in [0.2, 0.25) is 5.91 Å². The van der Waals surface area contributed by atoms with E-state index in [2.05, 4.69) is 16.0 Å². The van der Waals surface area contributed by atoms with Gasteiger partial charge in [0.05, 0.1) is 12.6 Å². The van der Waals surface area contributed by atoms with E-state index in [-0.39, 0.29) is 18.0 Å². The number of hydrogen-bond acceptors (Lipinski definition) is 3. The Morgan fingerprint density at radius 3 is 2.83 bits per heavy atom. The molecule has 0 unspecified atom stereocenters. The van der Waals surface area contributed by atoms with Gasteiger partial charge in [0.15, 0.2) is 0 Å². The molecule has 1 aromatic carbocycles. The topological polar surface area (TPSA) is 79.5 Å². The summed E-state index contributed by atoms with van der Waals surface area (Å²) >= 11 is 5.88. The molecule has 0 bridgehead atoms. The maximum Gasteiger partial charge on any atom is 0.316 e. The fraction of sp³-hybridized carbons (Fsp3) is 0.500. The molecule has 2 atom stereocenters. The third-order valence-electron chi connectivity index (χ3n) is 3.75. The second kappa shape index (κ2) is 8.74. The Hall–Kier alpha value is -1.79. The summed E-state index contributed by atoms with van der Waals surface area (Å²) in [5.74, 6) is -0.132. The van der Waals surface area contributed by atoms with E-state index < -0.39 is 6.04 Å². The molecule has 1 heterocycles. The van der Waals surface area contributed by atoms with Gasteiger partial charge in [-0.15, -0.1) is 0 Å². The zero-order valence-electron chi connectivity index (χ0n) is 13.1. The predicted octanol–water partition coefficient (Wildman–Crippen LogP) is 2.00. The molecule has 0 saturated carbocycles. The number of carbonyl (C=O) groups excluding carboxylic acids is 2. The van der Waals surface area contributed by atoms with Crippen LogP contribution in [0.1, 0.15) is 30.9 Å². The van der Waals surface area contributed by atoms with Crippen LogP contribution in [0.2, 0.25) is 5.02 Å². The summed E-state index contributed by atoms with van der Waals surface area (Å²) in [6, 6.07) is 6.01. The number of hydrogen-bond donors (Lipinski definition) is 3. The van der Waals surface area contributed by atoms with Crippen molar-refractivity contribution in [1.29, 1.82) is 0 Å². The largest absolute Gasteiger partial charge is 0.382 e. The van der Waals surface area contributed by atoms with Crippen molar-refractivity contribution in [2.24, 2.45) is 0 Å². The van der Waals surface area contributed by atoms with Gasteiger partial charge >= 0.3 is 6.03 Å². The first-order chi connectivity index (χ1) is 11.1. The minimum Gasteiger partial charge on any atom is -0.382 e. The summed E-state index contributed by atoms with van der Waals surface area (Å²) in [6.07, 6.45) is 2.49. The van der Waals surface area contributed by atoms with E-state index in [9.17, 15) is 9.59 Å². The molecule has 1 aliphatic heterocycles. The molecule has 0 radical (unpaired) electrons. The van der Waals surface area contributed by atoms with Crippen molar-refractivity contribution >= 4 is 23.5 Å². The van der Waals surface area contributed by atoms with Crippen LogP contribution >= 0.6 is 11.6 Å². The minimum atomic E-state index is -0.495. The average molecular weight is 340 g/mol. The minimum absolute atomic E-state index is 0.132. The Labute approximate surface area is 140 Å². The normalized spacial score (nSPS) is 19.4. The molecule has 0 spiro atoms. The zero-order chi connectivity index (χ0) is 16.7. The predicted molar refractivity (Wildman–Crippen MR) is 88.4 cm³/mol. The van der Waals surface area contributed by atoms with Gasteiger partial charge < -0.3 is 20.7 Å². The molecule has 1 aliphatic rings. The van der Waals surface area contributed by atoms with Crippen molar-refractivity contribution < 1.29 is 14.3 Å². The molecule has 1 aromatic rings.